The molecule has 2 aromatic carbocycles. The van der Waals surface area contributed by atoms with Gasteiger partial charge in [-0.1, -0.05) is 26.0 Å². The van der Waals surface area contributed by atoms with Gasteiger partial charge in [0.05, 0.1) is 12.1 Å². The van der Waals surface area contributed by atoms with Crippen molar-refractivity contribution in [2.24, 2.45) is 0 Å². The van der Waals surface area contributed by atoms with Crippen LogP contribution in [-0.4, -0.2) is 11.6 Å². The molecule has 3 nitrogen and oxygen atoms in total. The van der Waals surface area contributed by atoms with Gasteiger partial charge in [0.1, 0.15) is 5.75 Å². The summed E-state index contributed by atoms with van der Waals surface area (Å²) in [5, 5.41) is 4.60. The van der Waals surface area contributed by atoms with E-state index in [9.17, 15) is 0 Å². The van der Waals surface area contributed by atoms with Crippen LogP contribution in [0.2, 0.25) is 0 Å². The van der Waals surface area contributed by atoms with Crippen LogP contribution < -0.4 is 10.1 Å². The zero-order chi connectivity index (χ0) is 17.1. The van der Waals surface area contributed by atoms with Crippen LogP contribution in [0.4, 0.5) is 11.4 Å². The minimum atomic E-state index is 0. The number of hydrogen-bond acceptors (Lipinski definition) is 3. The van der Waals surface area contributed by atoms with Gasteiger partial charge < -0.3 is 10.1 Å². The molecule has 0 aliphatic rings. The van der Waals surface area contributed by atoms with E-state index in [-0.39, 0.29) is 12.4 Å². The molecule has 3 aromatic rings. The third-order valence-corrected chi connectivity index (χ3v) is 4.08. The number of rotatable bonds is 5. The average Bonchev–Trinajstić information content (AvgIpc) is 2.56. The monoisotopic (exact) mass is 356 g/mol. The van der Waals surface area contributed by atoms with E-state index in [1.165, 1.54) is 5.56 Å². The highest BCUT2D eigenvalue weighted by Crippen LogP contribution is 2.30. The second-order valence-corrected chi connectivity index (χ2v) is 6.32. The number of fused-ring (bicyclic) bond motifs is 1. The molecule has 132 valence electrons. The minimum Gasteiger partial charge on any atom is -0.494 e. The van der Waals surface area contributed by atoms with Crippen LogP contribution in [0.1, 0.15) is 37.9 Å². The zero-order valence-electron chi connectivity index (χ0n) is 15.2. The van der Waals surface area contributed by atoms with Crippen molar-refractivity contribution in [2.45, 2.75) is 33.6 Å². The second kappa shape index (κ2) is 8.21. The maximum absolute atomic E-state index is 5.64. The Morgan fingerprint density at radius 3 is 2.40 bits per heavy atom. The van der Waals surface area contributed by atoms with Crippen molar-refractivity contribution in [1.82, 2.24) is 4.98 Å². The molecule has 0 aliphatic heterocycles. The predicted octanol–water partition coefficient (Wildman–Crippen LogP) is 6.23. The highest BCUT2D eigenvalue weighted by Gasteiger charge is 2.07. The molecule has 0 aliphatic carbocycles. The fourth-order valence-electron chi connectivity index (χ4n) is 2.80. The van der Waals surface area contributed by atoms with Crippen molar-refractivity contribution in [1.29, 1.82) is 0 Å². The van der Waals surface area contributed by atoms with E-state index >= 15 is 0 Å². The summed E-state index contributed by atoms with van der Waals surface area (Å²) in [6, 6.07) is 16.7. The topological polar surface area (TPSA) is 34.1 Å². The molecule has 0 radical (unpaired) electrons. The zero-order valence-corrected chi connectivity index (χ0v) is 16.0. The van der Waals surface area contributed by atoms with E-state index in [0.717, 1.165) is 33.7 Å². The van der Waals surface area contributed by atoms with Gasteiger partial charge >= 0.3 is 0 Å². The smallest absolute Gasteiger partial charge is 0.120 e. The van der Waals surface area contributed by atoms with Gasteiger partial charge in [-0.05, 0) is 61.7 Å². The van der Waals surface area contributed by atoms with Crippen LogP contribution >= 0.6 is 12.4 Å². The van der Waals surface area contributed by atoms with Crippen LogP contribution in [0, 0.1) is 6.92 Å². The molecule has 3 rings (SSSR count). The Hall–Kier alpha value is -2.26. The van der Waals surface area contributed by atoms with Crippen LogP contribution in [0.5, 0.6) is 5.75 Å². The lowest BCUT2D eigenvalue weighted by molar-refractivity contribution is 0.340. The van der Waals surface area contributed by atoms with E-state index in [1.54, 1.807) is 0 Å². The standard InChI is InChI=1S/C21H24N2O.ClH/c1-5-24-18-10-11-20-19(13-18)21(12-15(4)22-20)23-17-8-6-16(7-9-17)14(2)3;/h6-14H,5H2,1-4H3,(H,22,23);1H. The van der Waals surface area contributed by atoms with Crippen molar-refractivity contribution in [3.63, 3.8) is 0 Å². The predicted molar refractivity (Wildman–Crippen MR) is 109 cm³/mol. The molecular formula is C21H25ClN2O. The number of nitrogens with zero attached hydrogens (tertiary/aromatic N) is 1. The van der Waals surface area contributed by atoms with Gasteiger partial charge in [0.15, 0.2) is 0 Å². The number of hydrogen-bond donors (Lipinski definition) is 1. The lowest BCUT2D eigenvalue weighted by Crippen LogP contribution is -1.97. The first-order chi connectivity index (χ1) is 11.6. The van der Waals surface area contributed by atoms with Crippen molar-refractivity contribution < 1.29 is 4.74 Å². The van der Waals surface area contributed by atoms with E-state index in [0.29, 0.717) is 12.5 Å². The van der Waals surface area contributed by atoms with E-state index < -0.39 is 0 Å². The number of anilines is 2. The molecule has 1 heterocycles. The van der Waals surface area contributed by atoms with Gasteiger partial charge in [-0.15, -0.1) is 12.4 Å². The molecule has 4 heteroatoms. The number of aryl methyl sites for hydroxylation is 1. The maximum atomic E-state index is 5.64. The van der Waals surface area contributed by atoms with Gasteiger partial charge in [-0.2, -0.15) is 0 Å². The first-order valence-electron chi connectivity index (χ1n) is 8.48. The molecular weight excluding hydrogens is 332 g/mol. The van der Waals surface area contributed by atoms with Crippen LogP contribution in [0.15, 0.2) is 48.5 Å². The number of pyridine rings is 1. The van der Waals surface area contributed by atoms with Crippen molar-refractivity contribution in [3.05, 3.63) is 59.8 Å². The number of halogens is 1. The summed E-state index contributed by atoms with van der Waals surface area (Å²) in [6.07, 6.45) is 0. The van der Waals surface area contributed by atoms with Crippen LogP contribution in [0.3, 0.4) is 0 Å². The lowest BCUT2D eigenvalue weighted by atomic mass is 10.0. The summed E-state index contributed by atoms with van der Waals surface area (Å²) in [4.78, 5) is 4.62. The summed E-state index contributed by atoms with van der Waals surface area (Å²) < 4.78 is 5.64. The summed E-state index contributed by atoms with van der Waals surface area (Å²) in [5.74, 6) is 1.41. The highest BCUT2D eigenvalue weighted by atomic mass is 35.5. The van der Waals surface area contributed by atoms with E-state index in [1.807, 2.05) is 26.0 Å². The fraction of sp³-hybridized carbons (Fsp3) is 0.286. The van der Waals surface area contributed by atoms with Crippen molar-refractivity contribution in [2.75, 3.05) is 11.9 Å². The Bertz CT molecular complexity index is 844. The molecule has 0 unspecified atom stereocenters. The van der Waals surface area contributed by atoms with Crippen LogP contribution in [-0.2, 0) is 0 Å². The Morgan fingerprint density at radius 1 is 1.04 bits per heavy atom. The first-order valence-corrected chi connectivity index (χ1v) is 8.48. The number of ether oxygens (including phenoxy) is 1. The largest absolute Gasteiger partial charge is 0.494 e. The molecule has 1 N–H and O–H groups in total. The third kappa shape index (κ3) is 4.43. The SMILES string of the molecule is CCOc1ccc2nc(C)cc(Nc3ccc(C(C)C)cc3)c2c1.Cl. The molecule has 0 bridgehead atoms. The van der Waals surface area contributed by atoms with Gasteiger partial charge in [0.25, 0.3) is 0 Å². The molecule has 0 fully saturated rings. The average molecular weight is 357 g/mol. The molecule has 0 atom stereocenters. The van der Waals surface area contributed by atoms with Crippen LogP contribution in [0.25, 0.3) is 10.9 Å². The van der Waals surface area contributed by atoms with Gasteiger partial charge in [-0.25, -0.2) is 0 Å². The fourth-order valence-corrected chi connectivity index (χ4v) is 2.80. The summed E-state index contributed by atoms with van der Waals surface area (Å²) in [5.41, 5.74) is 5.44. The molecule has 1 aromatic heterocycles. The maximum Gasteiger partial charge on any atom is 0.120 e. The summed E-state index contributed by atoms with van der Waals surface area (Å²) in [7, 11) is 0. The Morgan fingerprint density at radius 2 is 1.76 bits per heavy atom. The summed E-state index contributed by atoms with van der Waals surface area (Å²) >= 11 is 0. The quantitative estimate of drug-likeness (QED) is 0.588. The summed E-state index contributed by atoms with van der Waals surface area (Å²) in [6.45, 7) is 9.08. The Balaban J connectivity index is 0.00000225. The van der Waals surface area contributed by atoms with E-state index in [4.69, 9.17) is 4.74 Å². The number of benzene rings is 2. The van der Waals surface area contributed by atoms with Gasteiger partial charge in [0, 0.05) is 22.5 Å². The second-order valence-electron chi connectivity index (χ2n) is 6.32. The number of nitrogens with one attached hydrogen (secondary N) is 1. The Kier molecular flexibility index (Phi) is 6.27. The normalized spacial score (nSPS) is 10.6. The minimum absolute atomic E-state index is 0. The molecule has 0 spiro atoms. The van der Waals surface area contributed by atoms with E-state index in [2.05, 4.69) is 60.5 Å². The molecule has 0 amide bonds. The Labute approximate surface area is 155 Å². The van der Waals surface area contributed by atoms with Crippen molar-refractivity contribution in [3.8, 4) is 5.75 Å². The number of aromatic nitrogens is 1. The lowest BCUT2D eigenvalue weighted by Gasteiger charge is -2.13. The molecule has 0 saturated heterocycles. The molecule has 25 heavy (non-hydrogen) atoms. The first kappa shape index (κ1) is 19.1. The third-order valence-electron chi connectivity index (χ3n) is 4.08. The highest BCUT2D eigenvalue weighted by molar-refractivity contribution is 5.94. The van der Waals surface area contributed by atoms with Crippen molar-refractivity contribution >= 4 is 34.7 Å². The molecule has 0 saturated carbocycles. The van der Waals surface area contributed by atoms with Gasteiger partial charge in [-0.3, -0.25) is 4.98 Å². The van der Waals surface area contributed by atoms with Gasteiger partial charge in [0.2, 0.25) is 0 Å².